The third kappa shape index (κ3) is 4.47. The normalized spacial score (nSPS) is 10.7. The monoisotopic (exact) mass is 406 g/mol. The summed E-state index contributed by atoms with van der Waals surface area (Å²) in [6.07, 6.45) is 0. The van der Waals surface area contributed by atoms with E-state index in [0.29, 0.717) is 27.5 Å². The fourth-order valence-electron chi connectivity index (χ4n) is 2.78. The molecule has 0 unspecified atom stereocenters. The quantitative estimate of drug-likeness (QED) is 0.341. The molecule has 4 aromatic rings. The van der Waals surface area contributed by atoms with Gasteiger partial charge in [0.1, 0.15) is 22.8 Å². The van der Waals surface area contributed by atoms with Crippen LogP contribution in [0.15, 0.2) is 88.1 Å². The van der Waals surface area contributed by atoms with Gasteiger partial charge in [-0.05, 0) is 42.5 Å². The van der Waals surface area contributed by atoms with E-state index in [0.717, 1.165) is 5.56 Å². The van der Waals surface area contributed by atoms with Crippen molar-refractivity contribution >= 4 is 28.5 Å². The van der Waals surface area contributed by atoms with Crippen LogP contribution in [-0.4, -0.2) is 12.6 Å². The molecule has 0 fully saturated rings. The van der Waals surface area contributed by atoms with E-state index in [1.807, 2.05) is 30.3 Å². The number of halogens is 1. The lowest BCUT2D eigenvalue weighted by atomic mass is 10.1. The summed E-state index contributed by atoms with van der Waals surface area (Å²) in [6, 6.07) is 22.1. The highest BCUT2D eigenvalue weighted by Crippen LogP contribution is 2.24. The highest BCUT2D eigenvalue weighted by atomic mass is 35.5. The fraction of sp³-hybridized carbons (Fsp3) is 0.0435. The average Bonchev–Trinajstić information content (AvgIpc) is 2.74. The number of hydrogen-bond donors (Lipinski definition) is 0. The largest absolute Gasteiger partial charge is 0.482 e. The molecule has 0 atom stereocenters. The van der Waals surface area contributed by atoms with Crippen LogP contribution in [0.4, 0.5) is 0 Å². The van der Waals surface area contributed by atoms with Crippen molar-refractivity contribution in [2.75, 3.05) is 6.61 Å². The summed E-state index contributed by atoms with van der Waals surface area (Å²) in [4.78, 5) is 24.6. The van der Waals surface area contributed by atoms with E-state index in [2.05, 4.69) is 0 Å². The van der Waals surface area contributed by atoms with E-state index in [4.69, 9.17) is 25.5 Å². The van der Waals surface area contributed by atoms with Gasteiger partial charge in [0.25, 0.3) is 0 Å². The molecule has 6 heteroatoms. The maximum absolute atomic E-state index is 12.5. The number of hydrogen-bond acceptors (Lipinski definition) is 5. The summed E-state index contributed by atoms with van der Waals surface area (Å²) in [6.45, 7) is -0.277. The van der Waals surface area contributed by atoms with Crippen LogP contribution in [0.2, 0.25) is 5.02 Å². The molecule has 1 heterocycles. The standard InChI is InChI=1S/C23H15ClO5/c24-16-6-8-17(9-7-16)27-14-23(26)28-18-10-11-21-19(12-18)20(25)13-22(29-21)15-4-2-1-3-5-15/h1-13H,14H2. The Hall–Kier alpha value is -3.57. The Morgan fingerprint density at radius 2 is 1.62 bits per heavy atom. The molecule has 0 spiro atoms. The number of benzene rings is 3. The van der Waals surface area contributed by atoms with Gasteiger partial charge in [0.2, 0.25) is 0 Å². The van der Waals surface area contributed by atoms with Gasteiger partial charge in [-0.1, -0.05) is 41.9 Å². The Kier molecular flexibility index (Phi) is 5.31. The van der Waals surface area contributed by atoms with Crippen molar-refractivity contribution in [3.8, 4) is 22.8 Å². The zero-order valence-electron chi connectivity index (χ0n) is 15.1. The Morgan fingerprint density at radius 1 is 0.897 bits per heavy atom. The molecule has 0 aliphatic rings. The van der Waals surface area contributed by atoms with Gasteiger partial charge >= 0.3 is 5.97 Å². The minimum atomic E-state index is -0.593. The number of carbonyl (C=O) groups excluding carboxylic acids is 1. The van der Waals surface area contributed by atoms with Crippen LogP contribution in [0, 0.1) is 0 Å². The molecule has 0 saturated carbocycles. The molecule has 0 bridgehead atoms. The van der Waals surface area contributed by atoms with Crippen molar-refractivity contribution in [2.24, 2.45) is 0 Å². The molecule has 4 rings (SSSR count). The highest BCUT2D eigenvalue weighted by Gasteiger charge is 2.11. The van der Waals surface area contributed by atoms with E-state index < -0.39 is 5.97 Å². The first kappa shape index (κ1) is 18.8. The van der Waals surface area contributed by atoms with E-state index in [-0.39, 0.29) is 17.8 Å². The van der Waals surface area contributed by atoms with Crippen LogP contribution in [0.1, 0.15) is 0 Å². The van der Waals surface area contributed by atoms with Crippen molar-refractivity contribution in [2.45, 2.75) is 0 Å². The van der Waals surface area contributed by atoms with Crippen molar-refractivity contribution in [3.63, 3.8) is 0 Å². The Balaban J connectivity index is 1.50. The lowest BCUT2D eigenvalue weighted by molar-refractivity contribution is -0.136. The number of carbonyl (C=O) groups is 1. The second-order valence-corrected chi connectivity index (χ2v) is 6.65. The van der Waals surface area contributed by atoms with E-state index in [1.165, 1.54) is 12.1 Å². The molecular weight excluding hydrogens is 392 g/mol. The summed E-state index contributed by atoms with van der Waals surface area (Å²) in [7, 11) is 0. The van der Waals surface area contributed by atoms with Crippen molar-refractivity contribution in [1.29, 1.82) is 0 Å². The van der Waals surface area contributed by atoms with Gasteiger partial charge in [0, 0.05) is 16.7 Å². The van der Waals surface area contributed by atoms with Crippen molar-refractivity contribution in [3.05, 3.63) is 94.1 Å². The number of fused-ring (bicyclic) bond motifs is 1. The molecule has 0 saturated heterocycles. The van der Waals surface area contributed by atoms with Crippen LogP contribution < -0.4 is 14.9 Å². The summed E-state index contributed by atoms with van der Waals surface area (Å²) >= 11 is 5.81. The first-order valence-electron chi connectivity index (χ1n) is 8.81. The molecule has 0 N–H and O–H groups in total. The summed E-state index contributed by atoms with van der Waals surface area (Å²) < 4.78 is 16.5. The maximum atomic E-state index is 12.5. The third-order valence-corrected chi connectivity index (χ3v) is 4.41. The van der Waals surface area contributed by atoms with E-state index >= 15 is 0 Å². The molecule has 0 aliphatic carbocycles. The van der Waals surface area contributed by atoms with Gasteiger partial charge in [-0.15, -0.1) is 0 Å². The molecule has 0 amide bonds. The Labute approximate surface area is 171 Å². The molecule has 5 nitrogen and oxygen atoms in total. The van der Waals surface area contributed by atoms with E-state index in [1.54, 1.807) is 36.4 Å². The van der Waals surface area contributed by atoms with Crippen LogP contribution >= 0.6 is 11.6 Å². The molecular formula is C23H15ClO5. The summed E-state index contributed by atoms with van der Waals surface area (Å²) in [5, 5.41) is 0.902. The molecule has 0 radical (unpaired) electrons. The maximum Gasteiger partial charge on any atom is 0.349 e. The smallest absolute Gasteiger partial charge is 0.349 e. The van der Waals surface area contributed by atoms with Crippen molar-refractivity contribution < 1.29 is 18.7 Å². The first-order valence-corrected chi connectivity index (χ1v) is 9.19. The Morgan fingerprint density at radius 3 is 2.38 bits per heavy atom. The van der Waals surface area contributed by atoms with Gasteiger partial charge in [0.05, 0.1) is 5.39 Å². The van der Waals surface area contributed by atoms with E-state index in [9.17, 15) is 9.59 Å². The fourth-order valence-corrected chi connectivity index (χ4v) is 2.90. The molecule has 29 heavy (non-hydrogen) atoms. The minimum Gasteiger partial charge on any atom is -0.482 e. The number of ether oxygens (including phenoxy) is 2. The van der Waals surface area contributed by atoms with Crippen LogP contribution in [0.25, 0.3) is 22.3 Å². The van der Waals surface area contributed by atoms with Gasteiger partial charge in [-0.3, -0.25) is 4.79 Å². The molecule has 3 aromatic carbocycles. The minimum absolute atomic E-state index is 0.222. The number of esters is 1. The summed E-state index contributed by atoms with van der Waals surface area (Å²) in [5.74, 6) is 0.620. The zero-order valence-corrected chi connectivity index (χ0v) is 15.9. The van der Waals surface area contributed by atoms with Crippen LogP contribution in [0.5, 0.6) is 11.5 Å². The number of rotatable bonds is 5. The topological polar surface area (TPSA) is 65.7 Å². The van der Waals surface area contributed by atoms with Gasteiger partial charge in [-0.25, -0.2) is 4.79 Å². The van der Waals surface area contributed by atoms with Gasteiger partial charge < -0.3 is 13.9 Å². The SMILES string of the molecule is O=C(COc1ccc(Cl)cc1)Oc1ccc2oc(-c3ccccc3)cc(=O)c2c1. The predicted octanol–water partition coefficient (Wildman–Crippen LogP) is 5.10. The van der Waals surface area contributed by atoms with Crippen LogP contribution in [-0.2, 0) is 4.79 Å². The molecule has 0 aliphatic heterocycles. The van der Waals surface area contributed by atoms with Crippen molar-refractivity contribution in [1.82, 2.24) is 0 Å². The lowest BCUT2D eigenvalue weighted by Gasteiger charge is -2.08. The highest BCUT2D eigenvalue weighted by molar-refractivity contribution is 6.30. The van der Waals surface area contributed by atoms with Gasteiger partial charge in [0.15, 0.2) is 12.0 Å². The second-order valence-electron chi connectivity index (χ2n) is 6.22. The summed E-state index contributed by atoms with van der Waals surface area (Å²) in [5.41, 5.74) is 0.996. The first-order chi connectivity index (χ1) is 14.1. The Bertz CT molecular complexity index is 1210. The lowest BCUT2D eigenvalue weighted by Crippen LogP contribution is -2.17. The molecule has 144 valence electrons. The second kappa shape index (κ2) is 8.20. The third-order valence-electron chi connectivity index (χ3n) is 4.16. The van der Waals surface area contributed by atoms with Gasteiger partial charge in [-0.2, -0.15) is 0 Å². The van der Waals surface area contributed by atoms with Crippen LogP contribution in [0.3, 0.4) is 0 Å². The molecule has 1 aromatic heterocycles. The zero-order chi connectivity index (χ0) is 20.2. The average molecular weight is 407 g/mol. The predicted molar refractivity (Wildman–Crippen MR) is 111 cm³/mol.